The first-order valence-corrected chi connectivity index (χ1v) is 11.4. The number of anilines is 1. The Morgan fingerprint density at radius 1 is 1.03 bits per heavy atom. The SMILES string of the molecule is COc1cccc(-c2nnnn2[C@@H]2CO[C@@H]3[C@@H]2OC[C@@H]3NC(=O)Nc2cccc3ccccc23)c1. The first-order valence-electron chi connectivity index (χ1n) is 11.4. The molecular formula is C25H24N6O4. The second kappa shape index (κ2) is 8.97. The molecule has 0 aliphatic carbocycles. The Morgan fingerprint density at radius 3 is 2.77 bits per heavy atom. The summed E-state index contributed by atoms with van der Waals surface area (Å²) >= 11 is 0. The summed E-state index contributed by atoms with van der Waals surface area (Å²) in [5.74, 6) is 1.32. The lowest BCUT2D eigenvalue weighted by Crippen LogP contribution is -2.45. The number of rotatable bonds is 5. The molecule has 2 saturated heterocycles. The fraction of sp³-hybridized carbons (Fsp3) is 0.280. The van der Waals surface area contributed by atoms with Gasteiger partial charge in [0.25, 0.3) is 0 Å². The van der Waals surface area contributed by atoms with E-state index < -0.39 is 0 Å². The maximum Gasteiger partial charge on any atom is 0.319 e. The fourth-order valence-electron chi connectivity index (χ4n) is 4.84. The first-order chi connectivity index (χ1) is 17.2. The van der Waals surface area contributed by atoms with Crippen LogP contribution in [-0.2, 0) is 9.47 Å². The van der Waals surface area contributed by atoms with Gasteiger partial charge in [0, 0.05) is 10.9 Å². The summed E-state index contributed by atoms with van der Waals surface area (Å²) in [6.45, 7) is 0.714. The molecule has 6 rings (SSSR count). The van der Waals surface area contributed by atoms with Gasteiger partial charge in [-0.1, -0.05) is 48.5 Å². The van der Waals surface area contributed by atoms with E-state index in [2.05, 4.69) is 26.2 Å². The van der Waals surface area contributed by atoms with E-state index in [-0.39, 0.29) is 30.3 Å². The number of carbonyl (C=O) groups is 1. The minimum atomic E-state index is -0.305. The number of nitrogens with zero attached hydrogens (tertiary/aromatic N) is 4. The molecule has 35 heavy (non-hydrogen) atoms. The summed E-state index contributed by atoms with van der Waals surface area (Å²) in [5, 5.41) is 20.3. The molecule has 178 valence electrons. The van der Waals surface area contributed by atoms with Gasteiger partial charge in [0.05, 0.1) is 32.1 Å². The minimum absolute atomic E-state index is 0.218. The molecule has 0 spiro atoms. The number of hydrogen-bond donors (Lipinski definition) is 2. The Kier molecular flexibility index (Phi) is 5.51. The number of carbonyl (C=O) groups excluding carboxylic acids is 1. The van der Waals surface area contributed by atoms with Crippen LogP contribution in [0.15, 0.2) is 66.7 Å². The number of fused-ring (bicyclic) bond motifs is 2. The molecule has 0 radical (unpaired) electrons. The van der Waals surface area contributed by atoms with Gasteiger partial charge >= 0.3 is 6.03 Å². The van der Waals surface area contributed by atoms with Crippen LogP contribution in [0.3, 0.4) is 0 Å². The Bertz CT molecular complexity index is 1370. The average Bonchev–Trinajstić information content (AvgIpc) is 3.62. The van der Waals surface area contributed by atoms with Gasteiger partial charge in [-0.2, -0.15) is 0 Å². The van der Waals surface area contributed by atoms with Gasteiger partial charge < -0.3 is 24.8 Å². The van der Waals surface area contributed by atoms with Crippen LogP contribution in [0, 0.1) is 0 Å². The van der Waals surface area contributed by atoms with Gasteiger partial charge in [-0.05, 0) is 34.0 Å². The van der Waals surface area contributed by atoms with E-state index in [1.807, 2.05) is 66.7 Å². The molecule has 0 bridgehead atoms. The van der Waals surface area contributed by atoms with Crippen LogP contribution in [0.2, 0.25) is 0 Å². The molecule has 4 atom stereocenters. The van der Waals surface area contributed by atoms with Crippen LogP contribution in [0.1, 0.15) is 6.04 Å². The van der Waals surface area contributed by atoms with E-state index in [1.54, 1.807) is 11.8 Å². The van der Waals surface area contributed by atoms with Crippen LogP contribution in [0.25, 0.3) is 22.2 Å². The highest BCUT2D eigenvalue weighted by Crippen LogP contribution is 2.36. The number of methoxy groups -OCH3 is 1. The monoisotopic (exact) mass is 472 g/mol. The lowest BCUT2D eigenvalue weighted by molar-refractivity contribution is 0.0624. The number of amides is 2. The average molecular weight is 473 g/mol. The normalized spacial score (nSPS) is 23.2. The summed E-state index contributed by atoms with van der Waals surface area (Å²) in [6, 6.07) is 20.5. The quantitative estimate of drug-likeness (QED) is 0.459. The Balaban J connectivity index is 1.16. The van der Waals surface area contributed by atoms with Gasteiger partial charge in [-0.15, -0.1) is 5.10 Å². The maximum atomic E-state index is 12.8. The van der Waals surface area contributed by atoms with Crippen molar-refractivity contribution in [3.8, 4) is 17.1 Å². The number of benzene rings is 3. The lowest BCUT2D eigenvalue weighted by atomic mass is 10.1. The van der Waals surface area contributed by atoms with Crippen molar-refractivity contribution in [1.29, 1.82) is 0 Å². The molecule has 0 saturated carbocycles. The molecule has 3 heterocycles. The van der Waals surface area contributed by atoms with E-state index in [0.29, 0.717) is 19.0 Å². The van der Waals surface area contributed by atoms with E-state index >= 15 is 0 Å². The van der Waals surface area contributed by atoms with Crippen LogP contribution in [0.4, 0.5) is 10.5 Å². The van der Waals surface area contributed by atoms with Crippen LogP contribution in [0.5, 0.6) is 5.75 Å². The molecule has 2 aliphatic rings. The van der Waals surface area contributed by atoms with Gasteiger partial charge in [-0.3, -0.25) is 0 Å². The lowest BCUT2D eigenvalue weighted by Gasteiger charge is -2.19. The molecule has 2 amide bonds. The third kappa shape index (κ3) is 3.96. The highest BCUT2D eigenvalue weighted by atomic mass is 16.6. The van der Waals surface area contributed by atoms with Crippen molar-refractivity contribution in [1.82, 2.24) is 25.5 Å². The van der Waals surface area contributed by atoms with E-state index in [1.165, 1.54) is 0 Å². The number of ether oxygens (including phenoxy) is 3. The molecule has 0 unspecified atom stereocenters. The van der Waals surface area contributed by atoms with E-state index in [9.17, 15) is 4.79 Å². The van der Waals surface area contributed by atoms with Gasteiger partial charge in [-0.25, -0.2) is 9.48 Å². The third-order valence-electron chi connectivity index (χ3n) is 6.52. The smallest absolute Gasteiger partial charge is 0.319 e. The Labute approximate surface area is 201 Å². The van der Waals surface area contributed by atoms with Crippen LogP contribution in [-0.4, -0.2) is 64.8 Å². The fourth-order valence-corrected chi connectivity index (χ4v) is 4.84. The highest BCUT2D eigenvalue weighted by molar-refractivity contribution is 6.01. The largest absolute Gasteiger partial charge is 0.497 e. The van der Waals surface area contributed by atoms with Gasteiger partial charge in [0.1, 0.15) is 24.0 Å². The summed E-state index contributed by atoms with van der Waals surface area (Å²) in [6.07, 6.45) is -0.591. The molecule has 2 fully saturated rings. The van der Waals surface area contributed by atoms with Crippen LogP contribution >= 0.6 is 0 Å². The molecule has 10 heteroatoms. The summed E-state index contributed by atoms with van der Waals surface area (Å²) in [7, 11) is 1.62. The van der Waals surface area contributed by atoms with Crippen molar-refractivity contribution in [2.45, 2.75) is 24.3 Å². The first kappa shape index (κ1) is 21.5. The predicted molar refractivity (Wildman–Crippen MR) is 128 cm³/mol. The second-order valence-electron chi connectivity index (χ2n) is 8.57. The number of tetrazole rings is 1. The van der Waals surface area contributed by atoms with Crippen molar-refractivity contribution >= 4 is 22.5 Å². The predicted octanol–water partition coefficient (Wildman–Crippen LogP) is 3.03. The Hall–Kier alpha value is -4.02. The Morgan fingerprint density at radius 2 is 1.86 bits per heavy atom. The van der Waals surface area contributed by atoms with Crippen molar-refractivity contribution < 1.29 is 19.0 Å². The number of aromatic nitrogens is 4. The van der Waals surface area contributed by atoms with Crippen molar-refractivity contribution in [3.05, 3.63) is 66.7 Å². The second-order valence-corrected chi connectivity index (χ2v) is 8.57. The molecule has 10 nitrogen and oxygen atoms in total. The molecule has 3 aromatic carbocycles. The van der Waals surface area contributed by atoms with Crippen molar-refractivity contribution in [2.75, 3.05) is 25.6 Å². The maximum absolute atomic E-state index is 12.8. The van der Waals surface area contributed by atoms with Gasteiger partial charge in [0.2, 0.25) is 0 Å². The number of hydrogen-bond acceptors (Lipinski definition) is 7. The molecule has 2 N–H and O–H groups in total. The topological polar surface area (TPSA) is 112 Å². The third-order valence-corrected chi connectivity index (χ3v) is 6.52. The molecule has 4 aromatic rings. The zero-order valence-corrected chi connectivity index (χ0v) is 19.0. The van der Waals surface area contributed by atoms with Crippen molar-refractivity contribution in [3.63, 3.8) is 0 Å². The molecular weight excluding hydrogens is 448 g/mol. The molecule has 1 aromatic heterocycles. The standard InChI is InChI=1S/C25H24N6O4/c1-33-17-9-4-8-16(12-17)24-28-29-30-31(24)21-14-35-22-20(13-34-23(21)22)27-25(32)26-19-11-5-7-15-6-2-3-10-18(15)19/h2-12,20-23H,13-14H2,1H3,(H2,26,27,32)/t20-,21+,22-,23+/m0/s1. The summed E-state index contributed by atoms with van der Waals surface area (Å²) in [4.78, 5) is 12.8. The number of urea groups is 1. The van der Waals surface area contributed by atoms with Crippen molar-refractivity contribution in [2.24, 2.45) is 0 Å². The zero-order chi connectivity index (χ0) is 23.8. The van der Waals surface area contributed by atoms with Gasteiger partial charge in [0.15, 0.2) is 5.82 Å². The minimum Gasteiger partial charge on any atom is -0.497 e. The summed E-state index contributed by atoms with van der Waals surface area (Å²) < 4.78 is 19.2. The number of nitrogens with one attached hydrogen (secondary N) is 2. The summed E-state index contributed by atoms with van der Waals surface area (Å²) in [5.41, 5.74) is 1.58. The highest BCUT2D eigenvalue weighted by Gasteiger charge is 2.50. The van der Waals surface area contributed by atoms with Crippen LogP contribution < -0.4 is 15.4 Å². The van der Waals surface area contributed by atoms with E-state index in [4.69, 9.17) is 14.2 Å². The zero-order valence-electron chi connectivity index (χ0n) is 19.0. The molecule has 2 aliphatic heterocycles. The van der Waals surface area contributed by atoms with E-state index in [0.717, 1.165) is 27.8 Å².